The van der Waals surface area contributed by atoms with Gasteiger partial charge in [-0.3, -0.25) is 5.32 Å². The number of rotatable bonds is 8. The Morgan fingerprint density at radius 1 is 1.14 bits per heavy atom. The second kappa shape index (κ2) is 9.30. The van der Waals surface area contributed by atoms with Crippen molar-refractivity contribution in [3.8, 4) is 5.75 Å². The smallest absolute Gasteiger partial charge is 0.412 e. The maximum Gasteiger partial charge on any atom is 0.412 e. The molecule has 1 rings (SSSR count). The minimum absolute atomic E-state index is 0.457. The maximum atomic E-state index is 11.6. The summed E-state index contributed by atoms with van der Waals surface area (Å²) in [4.78, 5) is 11.6. The molecular formula is C17H28N2O3. The fraction of sp³-hybridized carbons (Fsp3) is 0.588. The Morgan fingerprint density at radius 2 is 1.82 bits per heavy atom. The Kier molecular flexibility index (Phi) is 7.74. The summed E-state index contributed by atoms with van der Waals surface area (Å²) in [6.45, 7) is 10.2. The highest BCUT2D eigenvalue weighted by Gasteiger charge is 2.16. The fourth-order valence-corrected chi connectivity index (χ4v) is 1.72. The van der Waals surface area contributed by atoms with Crippen LogP contribution >= 0.6 is 0 Å². The molecule has 0 atom stereocenters. The Morgan fingerprint density at radius 3 is 2.41 bits per heavy atom. The van der Waals surface area contributed by atoms with Gasteiger partial charge in [0.05, 0.1) is 0 Å². The standard InChI is InChI=1S/C17H28N2O3/c1-5-6-11-18-12-13-21-15-9-7-14(8-10-15)19-16(20)22-17(2,3)4/h7-10,18H,5-6,11-13H2,1-4H3,(H,19,20). The monoisotopic (exact) mass is 308 g/mol. The predicted octanol–water partition coefficient (Wildman–Crippen LogP) is 3.80. The molecule has 124 valence electrons. The fourth-order valence-electron chi connectivity index (χ4n) is 1.72. The summed E-state index contributed by atoms with van der Waals surface area (Å²) < 4.78 is 10.8. The molecule has 0 bridgehead atoms. The van der Waals surface area contributed by atoms with Gasteiger partial charge in [0.2, 0.25) is 0 Å². The number of unbranched alkanes of at least 4 members (excludes halogenated alkanes) is 1. The molecule has 5 heteroatoms. The molecule has 0 aliphatic carbocycles. The number of ether oxygens (including phenoxy) is 2. The van der Waals surface area contributed by atoms with E-state index in [0.29, 0.717) is 12.3 Å². The third kappa shape index (κ3) is 8.52. The Balaban J connectivity index is 2.29. The van der Waals surface area contributed by atoms with Gasteiger partial charge in [0, 0.05) is 12.2 Å². The van der Waals surface area contributed by atoms with E-state index in [-0.39, 0.29) is 0 Å². The van der Waals surface area contributed by atoms with E-state index in [4.69, 9.17) is 9.47 Å². The van der Waals surface area contributed by atoms with Gasteiger partial charge in [0.15, 0.2) is 0 Å². The normalized spacial score (nSPS) is 11.1. The molecule has 0 radical (unpaired) electrons. The van der Waals surface area contributed by atoms with Crippen LogP contribution in [0.25, 0.3) is 0 Å². The molecule has 22 heavy (non-hydrogen) atoms. The summed E-state index contributed by atoms with van der Waals surface area (Å²) in [5, 5.41) is 6.00. The third-order valence-electron chi connectivity index (χ3n) is 2.75. The predicted molar refractivity (Wildman–Crippen MR) is 89.6 cm³/mol. The maximum absolute atomic E-state index is 11.6. The first-order valence-corrected chi connectivity index (χ1v) is 7.84. The summed E-state index contributed by atoms with van der Waals surface area (Å²) in [6.07, 6.45) is 1.92. The van der Waals surface area contributed by atoms with Crippen LogP contribution in [0.2, 0.25) is 0 Å². The molecular weight excluding hydrogens is 280 g/mol. The highest BCUT2D eigenvalue weighted by Crippen LogP contribution is 2.16. The summed E-state index contributed by atoms with van der Waals surface area (Å²) in [7, 11) is 0. The lowest BCUT2D eigenvalue weighted by Crippen LogP contribution is -2.27. The van der Waals surface area contributed by atoms with Crippen molar-refractivity contribution in [1.29, 1.82) is 0 Å². The van der Waals surface area contributed by atoms with Crippen LogP contribution in [0.5, 0.6) is 5.75 Å². The molecule has 0 aromatic heterocycles. The largest absolute Gasteiger partial charge is 0.492 e. The van der Waals surface area contributed by atoms with Crippen molar-refractivity contribution < 1.29 is 14.3 Å². The first-order valence-electron chi connectivity index (χ1n) is 7.84. The molecule has 2 N–H and O–H groups in total. The first kappa shape index (κ1) is 18.3. The van der Waals surface area contributed by atoms with Gasteiger partial charge >= 0.3 is 6.09 Å². The van der Waals surface area contributed by atoms with E-state index in [9.17, 15) is 4.79 Å². The van der Waals surface area contributed by atoms with Crippen LogP contribution in [-0.2, 0) is 4.74 Å². The van der Waals surface area contributed by atoms with Crippen LogP contribution in [0, 0.1) is 0 Å². The molecule has 5 nitrogen and oxygen atoms in total. The van der Waals surface area contributed by atoms with Crippen molar-refractivity contribution in [2.24, 2.45) is 0 Å². The number of hydrogen-bond acceptors (Lipinski definition) is 4. The number of hydrogen-bond donors (Lipinski definition) is 2. The molecule has 0 saturated carbocycles. The summed E-state index contributed by atoms with van der Waals surface area (Å²) in [5.74, 6) is 0.784. The van der Waals surface area contributed by atoms with E-state index in [1.165, 1.54) is 12.8 Å². The first-order chi connectivity index (χ1) is 10.4. The molecule has 0 spiro atoms. The van der Waals surface area contributed by atoms with Gasteiger partial charge in [-0.05, 0) is 58.0 Å². The van der Waals surface area contributed by atoms with Crippen molar-refractivity contribution >= 4 is 11.8 Å². The van der Waals surface area contributed by atoms with Crippen LogP contribution < -0.4 is 15.4 Å². The topological polar surface area (TPSA) is 59.6 Å². The molecule has 0 aliphatic rings. The number of benzene rings is 1. The molecule has 1 aromatic rings. The highest BCUT2D eigenvalue weighted by molar-refractivity contribution is 5.84. The molecule has 0 heterocycles. The minimum Gasteiger partial charge on any atom is -0.492 e. The second-order valence-electron chi connectivity index (χ2n) is 6.10. The SMILES string of the molecule is CCCCNCCOc1ccc(NC(=O)OC(C)(C)C)cc1. The van der Waals surface area contributed by atoms with E-state index in [2.05, 4.69) is 17.6 Å². The number of anilines is 1. The molecule has 0 saturated heterocycles. The zero-order valence-corrected chi connectivity index (χ0v) is 14.1. The lowest BCUT2D eigenvalue weighted by atomic mass is 10.2. The van der Waals surface area contributed by atoms with Gasteiger partial charge in [0.25, 0.3) is 0 Å². The van der Waals surface area contributed by atoms with Gasteiger partial charge in [0.1, 0.15) is 18.0 Å². The van der Waals surface area contributed by atoms with Gasteiger partial charge < -0.3 is 14.8 Å². The van der Waals surface area contributed by atoms with Crippen LogP contribution in [0.4, 0.5) is 10.5 Å². The zero-order valence-electron chi connectivity index (χ0n) is 14.1. The molecule has 0 unspecified atom stereocenters. The Labute approximate surface area is 133 Å². The van der Waals surface area contributed by atoms with E-state index in [0.717, 1.165) is 18.8 Å². The average Bonchev–Trinajstić information content (AvgIpc) is 2.42. The van der Waals surface area contributed by atoms with E-state index in [1.807, 2.05) is 32.9 Å². The second-order valence-corrected chi connectivity index (χ2v) is 6.10. The number of amides is 1. The summed E-state index contributed by atoms with van der Waals surface area (Å²) in [5.41, 5.74) is 0.181. The van der Waals surface area contributed by atoms with Crippen LogP contribution in [0.15, 0.2) is 24.3 Å². The highest BCUT2D eigenvalue weighted by atomic mass is 16.6. The van der Waals surface area contributed by atoms with Crippen LogP contribution in [0.3, 0.4) is 0 Å². The van der Waals surface area contributed by atoms with Gasteiger partial charge in [-0.2, -0.15) is 0 Å². The molecule has 0 aliphatic heterocycles. The number of carbonyl (C=O) groups is 1. The lowest BCUT2D eigenvalue weighted by molar-refractivity contribution is 0.0636. The van der Waals surface area contributed by atoms with Gasteiger partial charge in [-0.15, -0.1) is 0 Å². The average molecular weight is 308 g/mol. The van der Waals surface area contributed by atoms with Gasteiger partial charge in [-0.25, -0.2) is 4.79 Å². The Bertz CT molecular complexity index is 438. The lowest BCUT2D eigenvalue weighted by Gasteiger charge is -2.19. The van der Waals surface area contributed by atoms with Crippen LogP contribution in [0.1, 0.15) is 40.5 Å². The zero-order chi connectivity index (χ0) is 16.4. The third-order valence-corrected chi connectivity index (χ3v) is 2.75. The van der Waals surface area contributed by atoms with Gasteiger partial charge in [-0.1, -0.05) is 13.3 Å². The van der Waals surface area contributed by atoms with Crippen molar-refractivity contribution in [2.75, 3.05) is 25.0 Å². The summed E-state index contributed by atoms with van der Waals surface area (Å²) in [6, 6.07) is 7.25. The quantitative estimate of drug-likeness (QED) is 0.717. The van der Waals surface area contributed by atoms with E-state index >= 15 is 0 Å². The van der Waals surface area contributed by atoms with E-state index in [1.54, 1.807) is 12.1 Å². The minimum atomic E-state index is -0.502. The van der Waals surface area contributed by atoms with Crippen molar-refractivity contribution in [3.05, 3.63) is 24.3 Å². The van der Waals surface area contributed by atoms with Crippen molar-refractivity contribution in [2.45, 2.75) is 46.1 Å². The Hall–Kier alpha value is -1.75. The molecule has 0 fully saturated rings. The number of nitrogens with one attached hydrogen (secondary N) is 2. The van der Waals surface area contributed by atoms with Crippen LogP contribution in [-0.4, -0.2) is 31.4 Å². The molecule has 1 amide bonds. The summed E-state index contributed by atoms with van der Waals surface area (Å²) >= 11 is 0. The van der Waals surface area contributed by atoms with Crippen molar-refractivity contribution in [3.63, 3.8) is 0 Å². The van der Waals surface area contributed by atoms with Crippen molar-refractivity contribution in [1.82, 2.24) is 5.32 Å². The van der Waals surface area contributed by atoms with E-state index < -0.39 is 11.7 Å². The molecule has 1 aromatic carbocycles. The number of carbonyl (C=O) groups excluding carboxylic acids is 1.